The first kappa shape index (κ1) is 8.26. The standard InChI is InChI=1S/C9H5N3O2/c10-5-6-4-7-8(11-6)2-1-3-9(7)12(13)14/h1-4,11H. The minimum Gasteiger partial charge on any atom is -0.346 e. The third-order valence-corrected chi connectivity index (χ3v) is 1.96. The summed E-state index contributed by atoms with van der Waals surface area (Å²) in [5.41, 5.74) is 0.949. The van der Waals surface area contributed by atoms with E-state index in [0.717, 1.165) is 0 Å². The topological polar surface area (TPSA) is 82.7 Å². The van der Waals surface area contributed by atoms with E-state index < -0.39 is 4.92 Å². The molecule has 0 aliphatic carbocycles. The number of aromatic nitrogens is 1. The van der Waals surface area contributed by atoms with E-state index in [9.17, 15) is 10.1 Å². The van der Waals surface area contributed by atoms with Crippen LogP contribution in [0, 0.1) is 21.4 Å². The lowest BCUT2D eigenvalue weighted by molar-refractivity contribution is -0.383. The fourth-order valence-electron chi connectivity index (χ4n) is 1.36. The molecule has 14 heavy (non-hydrogen) atoms. The second kappa shape index (κ2) is 2.85. The maximum atomic E-state index is 10.6. The Morgan fingerprint density at radius 1 is 1.50 bits per heavy atom. The highest BCUT2D eigenvalue weighted by atomic mass is 16.6. The molecule has 5 nitrogen and oxygen atoms in total. The van der Waals surface area contributed by atoms with Crippen molar-refractivity contribution in [2.75, 3.05) is 0 Å². The molecule has 68 valence electrons. The Labute approximate surface area is 78.7 Å². The van der Waals surface area contributed by atoms with Crippen LogP contribution >= 0.6 is 0 Å². The number of nitrogens with one attached hydrogen (secondary N) is 1. The quantitative estimate of drug-likeness (QED) is 0.547. The zero-order chi connectivity index (χ0) is 10.1. The zero-order valence-electron chi connectivity index (χ0n) is 7.02. The maximum Gasteiger partial charge on any atom is 0.278 e. The molecule has 1 aromatic carbocycles. The smallest absolute Gasteiger partial charge is 0.278 e. The summed E-state index contributed by atoms with van der Waals surface area (Å²) in [4.78, 5) is 12.9. The van der Waals surface area contributed by atoms with E-state index in [1.54, 1.807) is 12.1 Å². The molecule has 1 aromatic heterocycles. The van der Waals surface area contributed by atoms with Gasteiger partial charge in [-0.3, -0.25) is 10.1 Å². The van der Waals surface area contributed by atoms with Gasteiger partial charge >= 0.3 is 0 Å². The van der Waals surface area contributed by atoms with Crippen molar-refractivity contribution >= 4 is 16.6 Å². The molecular weight excluding hydrogens is 182 g/mol. The van der Waals surface area contributed by atoms with Crippen molar-refractivity contribution in [2.24, 2.45) is 0 Å². The van der Waals surface area contributed by atoms with E-state index in [-0.39, 0.29) is 5.69 Å². The summed E-state index contributed by atoms with van der Waals surface area (Å²) in [5.74, 6) is 0. The van der Waals surface area contributed by atoms with Gasteiger partial charge < -0.3 is 4.98 Å². The monoisotopic (exact) mass is 187 g/mol. The first-order valence-electron chi connectivity index (χ1n) is 3.88. The number of non-ortho nitro benzene ring substituents is 1. The number of aromatic amines is 1. The van der Waals surface area contributed by atoms with Crippen LogP contribution < -0.4 is 0 Å². The molecular formula is C9H5N3O2. The normalized spacial score (nSPS) is 9.93. The summed E-state index contributed by atoms with van der Waals surface area (Å²) >= 11 is 0. The molecule has 0 radical (unpaired) electrons. The average Bonchev–Trinajstić information content (AvgIpc) is 2.59. The molecule has 0 amide bonds. The van der Waals surface area contributed by atoms with Crippen molar-refractivity contribution in [3.05, 3.63) is 40.1 Å². The summed E-state index contributed by atoms with van der Waals surface area (Å²) in [7, 11) is 0. The molecule has 0 aliphatic rings. The lowest BCUT2D eigenvalue weighted by atomic mass is 10.2. The molecule has 2 rings (SSSR count). The largest absolute Gasteiger partial charge is 0.346 e. The van der Waals surface area contributed by atoms with Gasteiger partial charge in [0.1, 0.15) is 11.8 Å². The lowest BCUT2D eigenvalue weighted by Gasteiger charge is -1.91. The van der Waals surface area contributed by atoms with Gasteiger partial charge in [0.25, 0.3) is 5.69 Å². The molecule has 0 atom stereocenters. The molecule has 0 saturated carbocycles. The second-order valence-electron chi connectivity index (χ2n) is 2.79. The van der Waals surface area contributed by atoms with E-state index in [0.29, 0.717) is 16.6 Å². The molecule has 0 saturated heterocycles. The predicted molar refractivity (Wildman–Crippen MR) is 49.7 cm³/mol. The van der Waals surface area contributed by atoms with E-state index in [2.05, 4.69) is 4.98 Å². The highest BCUT2D eigenvalue weighted by Crippen LogP contribution is 2.25. The van der Waals surface area contributed by atoms with Crippen molar-refractivity contribution in [1.29, 1.82) is 5.26 Å². The molecule has 2 aromatic rings. The van der Waals surface area contributed by atoms with Crippen LogP contribution in [-0.4, -0.2) is 9.91 Å². The molecule has 5 heteroatoms. The maximum absolute atomic E-state index is 10.6. The van der Waals surface area contributed by atoms with Gasteiger partial charge in [-0.25, -0.2) is 0 Å². The number of fused-ring (bicyclic) bond motifs is 1. The second-order valence-corrected chi connectivity index (χ2v) is 2.79. The fourth-order valence-corrected chi connectivity index (χ4v) is 1.36. The summed E-state index contributed by atoms with van der Waals surface area (Å²) < 4.78 is 0. The van der Waals surface area contributed by atoms with E-state index in [4.69, 9.17) is 5.26 Å². The highest BCUT2D eigenvalue weighted by molar-refractivity contribution is 5.89. The van der Waals surface area contributed by atoms with Crippen LogP contribution in [0.25, 0.3) is 10.9 Å². The number of hydrogen-bond donors (Lipinski definition) is 1. The summed E-state index contributed by atoms with van der Waals surface area (Å²) in [5, 5.41) is 19.7. The van der Waals surface area contributed by atoms with E-state index >= 15 is 0 Å². The number of H-pyrrole nitrogens is 1. The Morgan fingerprint density at radius 3 is 2.93 bits per heavy atom. The van der Waals surface area contributed by atoms with Crippen LogP contribution in [0.15, 0.2) is 24.3 Å². The number of rotatable bonds is 1. The van der Waals surface area contributed by atoms with Crippen molar-refractivity contribution < 1.29 is 4.92 Å². The summed E-state index contributed by atoms with van der Waals surface area (Å²) in [6.45, 7) is 0. The Balaban J connectivity index is 2.81. The number of nitrogens with zero attached hydrogens (tertiary/aromatic N) is 2. The number of hydrogen-bond acceptors (Lipinski definition) is 3. The van der Waals surface area contributed by atoms with E-state index in [1.807, 2.05) is 6.07 Å². The lowest BCUT2D eigenvalue weighted by Crippen LogP contribution is -1.87. The SMILES string of the molecule is N#Cc1cc2c([N+](=O)[O-])cccc2[nH]1. The third-order valence-electron chi connectivity index (χ3n) is 1.96. The Kier molecular flexibility index (Phi) is 1.68. The zero-order valence-corrected chi connectivity index (χ0v) is 7.02. The Hall–Kier alpha value is -2.35. The molecule has 0 unspecified atom stereocenters. The third kappa shape index (κ3) is 1.10. The highest BCUT2D eigenvalue weighted by Gasteiger charge is 2.12. The van der Waals surface area contributed by atoms with Crippen molar-refractivity contribution in [3.8, 4) is 6.07 Å². The van der Waals surface area contributed by atoms with Gasteiger partial charge in [-0.05, 0) is 12.1 Å². The van der Waals surface area contributed by atoms with Gasteiger partial charge in [0.15, 0.2) is 0 Å². The molecule has 0 fully saturated rings. The summed E-state index contributed by atoms with van der Waals surface area (Å²) in [6.07, 6.45) is 0. The van der Waals surface area contributed by atoms with Gasteiger partial charge in [0.05, 0.1) is 15.8 Å². The van der Waals surface area contributed by atoms with Crippen LogP contribution in [0.4, 0.5) is 5.69 Å². The van der Waals surface area contributed by atoms with Crippen LogP contribution in [0.2, 0.25) is 0 Å². The minimum atomic E-state index is -0.461. The van der Waals surface area contributed by atoms with Crippen LogP contribution in [0.1, 0.15) is 5.69 Å². The molecule has 0 spiro atoms. The van der Waals surface area contributed by atoms with Crippen LogP contribution in [-0.2, 0) is 0 Å². The number of nitriles is 1. The average molecular weight is 187 g/mol. The minimum absolute atomic E-state index is 0.0141. The van der Waals surface area contributed by atoms with Gasteiger partial charge in [-0.2, -0.15) is 5.26 Å². The van der Waals surface area contributed by atoms with Crippen LogP contribution in [0.3, 0.4) is 0 Å². The van der Waals surface area contributed by atoms with Crippen LogP contribution in [0.5, 0.6) is 0 Å². The van der Waals surface area contributed by atoms with Crippen molar-refractivity contribution in [3.63, 3.8) is 0 Å². The van der Waals surface area contributed by atoms with Gasteiger partial charge in [-0.15, -0.1) is 0 Å². The van der Waals surface area contributed by atoms with E-state index in [1.165, 1.54) is 12.1 Å². The first-order valence-corrected chi connectivity index (χ1v) is 3.88. The van der Waals surface area contributed by atoms with Gasteiger partial charge in [0, 0.05) is 6.07 Å². The Morgan fingerprint density at radius 2 is 2.29 bits per heavy atom. The molecule has 0 bridgehead atoms. The fraction of sp³-hybridized carbons (Fsp3) is 0. The molecule has 1 heterocycles. The number of nitro benzene ring substituents is 1. The van der Waals surface area contributed by atoms with Crippen molar-refractivity contribution in [1.82, 2.24) is 4.98 Å². The predicted octanol–water partition coefficient (Wildman–Crippen LogP) is 1.95. The summed E-state index contributed by atoms with van der Waals surface area (Å²) in [6, 6.07) is 8.08. The van der Waals surface area contributed by atoms with Crippen molar-refractivity contribution in [2.45, 2.75) is 0 Å². The Bertz CT molecular complexity index is 551. The first-order chi connectivity index (χ1) is 6.72. The number of benzene rings is 1. The van der Waals surface area contributed by atoms with Gasteiger partial charge in [-0.1, -0.05) is 6.07 Å². The molecule has 1 N–H and O–H groups in total. The van der Waals surface area contributed by atoms with Gasteiger partial charge in [0.2, 0.25) is 0 Å². The number of nitro groups is 1. The molecule has 0 aliphatic heterocycles.